The molecule has 4 aromatic carbocycles. The Morgan fingerprint density at radius 2 is 1.31 bits per heavy atom. The highest BCUT2D eigenvalue weighted by Crippen LogP contribution is 2.47. The van der Waals surface area contributed by atoms with E-state index in [-0.39, 0.29) is 11.8 Å². The van der Waals surface area contributed by atoms with Crippen LogP contribution in [0.3, 0.4) is 0 Å². The van der Waals surface area contributed by atoms with Crippen LogP contribution in [0.25, 0.3) is 11.1 Å². The third kappa shape index (κ3) is 3.47. The smallest absolute Gasteiger partial charge is 0.167 e. The first kappa shape index (κ1) is 19.2. The summed E-state index contributed by atoms with van der Waals surface area (Å²) >= 11 is 0. The van der Waals surface area contributed by atoms with Gasteiger partial charge in [0.25, 0.3) is 0 Å². The lowest BCUT2D eigenvalue weighted by atomic mass is 10.0. The first-order chi connectivity index (χ1) is 15.8. The van der Waals surface area contributed by atoms with Crippen molar-refractivity contribution in [1.82, 2.24) is 5.32 Å². The second kappa shape index (κ2) is 7.89. The predicted molar refractivity (Wildman–Crippen MR) is 129 cm³/mol. The molecule has 1 saturated carbocycles. The summed E-state index contributed by atoms with van der Waals surface area (Å²) in [6.07, 6.45) is 1.61. The van der Waals surface area contributed by atoms with Crippen molar-refractivity contribution in [1.29, 1.82) is 0 Å². The van der Waals surface area contributed by atoms with Crippen molar-refractivity contribution in [3.63, 3.8) is 0 Å². The lowest BCUT2D eigenvalue weighted by molar-refractivity contribution is 0.0993. The number of ketones is 1. The molecule has 2 aliphatic carbocycles. The Morgan fingerprint density at radius 1 is 0.719 bits per heavy atom. The molecule has 6 rings (SSSR count). The minimum absolute atomic E-state index is 0.169. The summed E-state index contributed by atoms with van der Waals surface area (Å²) in [5, 5.41) is 3.93. The highest BCUT2D eigenvalue weighted by atomic mass is 16.1. The molecular formula is C30H25NO. The quantitative estimate of drug-likeness (QED) is 0.373. The maximum atomic E-state index is 12.5. The number of hydrogen-bond acceptors (Lipinski definition) is 2. The number of carbonyl (C=O) groups is 1. The third-order valence-corrected chi connectivity index (χ3v) is 6.87. The minimum Gasteiger partial charge on any atom is -0.303 e. The van der Waals surface area contributed by atoms with E-state index in [9.17, 15) is 4.79 Å². The average molecular weight is 416 g/mol. The molecule has 0 amide bonds. The molecule has 2 unspecified atom stereocenters. The zero-order valence-corrected chi connectivity index (χ0v) is 17.9. The van der Waals surface area contributed by atoms with E-state index in [2.05, 4.69) is 78.1 Å². The van der Waals surface area contributed by atoms with E-state index in [4.69, 9.17) is 0 Å². The van der Waals surface area contributed by atoms with Gasteiger partial charge in [0.05, 0.1) is 6.04 Å². The van der Waals surface area contributed by atoms with Crippen molar-refractivity contribution < 1.29 is 4.79 Å². The number of rotatable bonds is 6. The largest absolute Gasteiger partial charge is 0.303 e. The Bertz CT molecular complexity index is 1230. The molecule has 0 saturated heterocycles. The lowest BCUT2D eigenvalue weighted by Crippen LogP contribution is -2.23. The summed E-state index contributed by atoms with van der Waals surface area (Å²) < 4.78 is 0. The fraction of sp³-hybridized carbons (Fsp3) is 0.167. The highest BCUT2D eigenvalue weighted by molar-refractivity contribution is 5.97. The summed E-state index contributed by atoms with van der Waals surface area (Å²) in [5.41, 5.74) is 8.68. The minimum atomic E-state index is 0.169. The van der Waals surface area contributed by atoms with E-state index in [0.29, 0.717) is 18.4 Å². The van der Waals surface area contributed by atoms with Gasteiger partial charge in [0.1, 0.15) is 0 Å². The Morgan fingerprint density at radius 3 is 1.97 bits per heavy atom. The second-order valence-electron chi connectivity index (χ2n) is 8.93. The van der Waals surface area contributed by atoms with Gasteiger partial charge in [-0.05, 0) is 39.8 Å². The van der Waals surface area contributed by atoms with Gasteiger partial charge in [0, 0.05) is 23.9 Å². The molecule has 4 aromatic rings. The molecule has 2 atom stereocenters. The van der Waals surface area contributed by atoms with Crippen LogP contribution in [0.2, 0.25) is 0 Å². The van der Waals surface area contributed by atoms with Gasteiger partial charge in [-0.1, -0.05) is 103 Å². The van der Waals surface area contributed by atoms with E-state index in [0.717, 1.165) is 17.5 Å². The maximum absolute atomic E-state index is 12.5. The number of hydrogen-bond donors (Lipinski definition) is 1. The first-order valence-electron chi connectivity index (χ1n) is 11.4. The molecule has 0 radical (unpaired) electrons. The molecule has 0 aliphatic heterocycles. The fourth-order valence-electron chi connectivity index (χ4n) is 5.09. The number of carbonyl (C=O) groups excluding carboxylic acids is 1. The molecule has 2 aliphatic rings. The van der Waals surface area contributed by atoms with Gasteiger partial charge in [0.15, 0.2) is 5.78 Å². The highest BCUT2D eigenvalue weighted by Gasteiger charge is 2.41. The first-order valence-corrected chi connectivity index (χ1v) is 11.4. The van der Waals surface area contributed by atoms with Crippen LogP contribution in [-0.2, 0) is 6.42 Å². The monoisotopic (exact) mass is 415 g/mol. The Hall–Kier alpha value is -3.49. The Balaban J connectivity index is 1.14. The second-order valence-corrected chi connectivity index (χ2v) is 8.93. The molecule has 1 N–H and O–H groups in total. The van der Waals surface area contributed by atoms with Gasteiger partial charge >= 0.3 is 0 Å². The standard InChI is InChI=1S/C30H25NO/c32-29(22-8-2-1-3-9-22)18-20-14-16-21(17-15-20)27-19-28(27)31-30-25-12-6-4-10-23(25)24-11-5-7-13-26(24)30/h1-17,27-28,30-31H,18-19H2. The van der Waals surface area contributed by atoms with Crippen LogP contribution in [0.1, 0.15) is 51.0 Å². The molecular weight excluding hydrogens is 390 g/mol. The van der Waals surface area contributed by atoms with E-state index < -0.39 is 0 Å². The fourth-order valence-corrected chi connectivity index (χ4v) is 5.09. The average Bonchev–Trinajstić information content (AvgIpc) is 3.56. The van der Waals surface area contributed by atoms with Crippen molar-refractivity contribution in [2.24, 2.45) is 0 Å². The van der Waals surface area contributed by atoms with Crippen molar-refractivity contribution in [3.05, 3.63) is 131 Å². The normalized spacial score (nSPS) is 18.8. The molecule has 2 heteroatoms. The molecule has 0 bridgehead atoms. The van der Waals surface area contributed by atoms with Gasteiger partial charge < -0.3 is 5.32 Å². The number of fused-ring (bicyclic) bond motifs is 3. The number of Topliss-reactive ketones (excluding diaryl/α,β-unsaturated/α-hetero) is 1. The van der Waals surface area contributed by atoms with E-state index in [1.165, 1.54) is 27.8 Å². The van der Waals surface area contributed by atoms with Crippen LogP contribution in [0, 0.1) is 0 Å². The van der Waals surface area contributed by atoms with Crippen LogP contribution in [0.4, 0.5) is 0 Å². The van der Waals surface area contributed by atoms with Crippen LogP contribution in [0.15, 0.2) is 103 Å². The maximum Gasteiger partial charge on any atom is 0.167 e. The van der Waals surface area contributed by atoms with E-state index >= 15 is 0 Å². The third-order valence-electron chi connectivity index (χ3n) is 6.87. The molecule has 1 fully saturated rings. The number of nitrogens with one attached hydrogen (secondary N) is 1. The summed E-state index contributed by atoms with van der Waals surface area (Å²) in [4.78, 5) is 12.5. The van der Waals surface area contributed by atoms with Crippen LogP contribution in [-0.4, -0.2) is 11.8 Å². The van der Waals surface area contributed by atoms with Crippen molar-refractivity contribution in [2.45, 2.75) is 30.8 Å². The van der Waals surface area contributed by atoms with E-state index in [1.807, 2.05) is 30.3 Å². The van der Waals surface area contributed by atoms with Crippen LogP contribution < -0.4 is 5.32 Å². The van der Waals surface area contributed by atoms with Gasteiger partial charge in [-0.25, -0.2) is 0 Å². The summed E-state index contributed by atoms with van der Waals surface area (Å²) in [6.45, 7) is 0. The number of benzene rings is 4. The summed E-state index contributed by atoms with van der Waals surface area (Å²) in [6, 6.07) is 36.4. The zero-order chi connectivity index (χ0) is 21.5. The van der Waals surface area contributed by atoms with Crippen LogP contribution >= 0.6 is 0 Å². The molecule has 0 aromatic heterocycles. The van der Waals surface area contributed by atoms with Gasteiger partial charge in [0.2, 0.25) is 0 Å². The molecule has 156 valence electrons. The summed E-state index contributed by atoms with van der Waals surface area (Å²) in [5.74, 6) is 0.705. The Labute approximate surface area is 188 Å². The van der Waals surface area contributed by atoms with Gasteiger partial charge in [-0.3, -0.25) is 4.79 Å². The molecule has 32 heavy (non-hydrogen) atoms. The predicted octanol–water partition coefficient (Wildman–Crippen LogP) is 6.33. The van der Waals surface area contributed by atoms with Crippen molar-refractivity contribution in [3.8, 4) is 11.1 Å². The molecule has 2 nitrogen and oxygen atoms in total. The summed E-state index contributed by atoms with van der Waals surface area (Å²) in [7, 11) is 0. The van der Waals surface area contributed by atoms with Gasteiger partial charge in [-0.15, -0.1) is 0 Å². The molecule has 0 spiro atoms. The zero-order valence-electron chi connectivity index (χ0n) is 17.9. The van der Waals surface area contributed by atoms with Crippen molar-refractivity contribution >= 4 is 5.78 Å². The lowest BCUT2D eigenvalue weighted by Gasteiger charge is -2.16. The molecule has 0 heterocycles. The topological polar surface area (TPSA) is 29.1 Å². The van der Waals surface area contributed by atoms with Crippen LogP contribution in [0.5, 0.6) is 0 Å². The van der Waals surface area contributed by atoms with Gasteiger partial charge in [-0.2, -0.15) is 0 Å². The van der Waals surface area contributed by atoms with E-state index in [1.54, 1.807) is 0 Å². The SMILES string of the molecule is O=C(Cc1ccc(C2CC2NC2c3ccccc3-c3ccccc32)cc1)c1ccccc1. The van der Waals surface area contributed by atoms with Crippen molar-refractivity contribution in [2.75, 3.05) is 0 Å². The Kier molecular flexibility index (Phi) is 4.74.